The lowest BCUT2D eigenvalue weighted by Gasteiger charge is -2.31. The third-order valence-corrected chi connectivity index (χ3v) is 3.87. The molecule has 0 saturated carbocycles. The van der Waals surface area contributed by atoms with E-state index in [-0.39, 0.29) is 17.5 Å². The minimum absolute atomic E-state index is 0.244. The number of esters is 1. The summed E-state index contributed by atoms with van der Waals surface area (Å²) < 4.78 is 10.1. The van der Waals surface area contributed by atoms with Crippen LogP contribution in [0.4, 0.5) is 0 Å². The topological polar surface area (TPSA) is 73.9 Å². The number of ether oxygens (including phenoxy) is 2. The molecule has 1 spiro atoms. The smallest absolute Gasteiger partial charge is 0.338 e. The summed E-state index contributed by atoms with van der Waals surface area (Å²) in [7, 11) is 1.40. The van der Waals surface area contributed by atoms with E-state index in [2.05, 4.69) is 4.99 Å². The highest BCUT2D eigenvalue weighted by Gasteiger charge is 2.40. The second-order valence-corrected chi connectivity index (χ2v) is 5.07. The van der Waals surface area contributed by atoms with Gasteiger partial charge in [-0.15, -0.1) is 0 Å². The molecule has 5 heteroatoms. The zero-order valence-electron chi connectivity index (χ0n) is 10.8. The fourth-order valence-corrected chi connectivity index (χ4v) is 2.92. The van der Waals surface area contributed by atoms with Gasteiger partial charge < -0.3 is 15.2 Å². The number of aliphatic imine (C=N–C) groups is 1. The maximum absolute atomic E-state index is 11.8. The number of nitrogens with two attached hydrogens (primary N) is 1. The van der Waals surface area contributed by atoms with Crippen LogP contribution in [0.2, 0.25) is 0 Å². The van der Waals surface area contributed by atoms with Crippen molar-refractivity contribution < 1.29 is 14.3 Å². The molecule has 0 fully saturated rings. The van der Waals surface area contributed by atoms with Crippen molar-refractivity contribution in [2.75, 3.05) is 13.7 Å². The average molecular weight is 260 g/mol. The van der Waals surface area contributed by atoms with Crippen LogP contribution in [-0.4, -0.2) is 31.2 Å². The highest BCUT2D eigenvalue weighted by molar-refractivity contribution is 5.91. The zero-order valence-corrected chi connectivity index (χ0v) is 10.8. The molecule has 2 aliphatic rings. The molecule has 1 atom stereocenters. The first-order valence-corrected chi connectivity index (χ1v) is 6.31. The van der Waals surface area contributed by atoms with Gasteiger partial charge in [-0.1, -0.05) is 12.1 Å². The van der Waals surface area contributed by atoms with Gasteiger partial charge in [-0.2, -0.15) is 0 Å². The van der Waals surface area contributed by atoms with Crippen molar-refractivity contribution >= 4 is 12.0 Å². The number of nitrogens with zero attached hydrogens (tertiary/aromatic N) is 1. The SMILES string of the molecule is COC(=O)c1cccc2c1CCC1(COC(N)=N1)C2. The maximum atomic E-state index is 11.8. The Kier molecular flexibility index (Phi) is 2.69. The van der Waals surface area contributed by atoms with Crippen LogP contribution in [0.5, 0.6) is 0 Å². The van der Waals surface area contributed by atoms with Crippen molar-refractivity contribution in [3.63, 3.8) is 0 Å². The van der Waals surface area contributed by atoms with Gasteiger partial charge in [-0.3, -0.25) is 0 Å². The standard InChI is InChI=1S/C14H16N2O3/c1-18-12(17)11-4-2-3-9-7-14(6-5-10(9)11)8-19-13(15)16-14/h2-4H,5-8H2,1H3,(H2,15,16). The molecule has 1 aliphatic carbocycles. The van der Waals surface area contributed by atoms with Gasteiger partial charge >= 0.3 is 5.97 Å². The van der Waals surface area contributed by atoms with E-state index in [1.165, 1.54) is 7.11 Å². The molecule has 3 rings (SSSR count). The number of carbonyl (C=O) groups excluding carboxylic acids is 1. The first kappa shape index (κ1) is 12.0. The van der Waals surface area contributed by atoms with Crippen LogP contribution >= 0.6 is 0 Å². The summed E-state index contributed by atoms with van der Waals surface area (Å²) in [6.07, 6.45) is 2.39. The van der Waals surface area contributed by atoms with Crippen LogP contribution < -0.4 is 5.73 Å². The Morgan fingerprint density at radius 3 is 3.05 bits per heavy atom. The Labute approximate surface area is 111 Å². The van der Waals surface area contributed by atoms with E-state index in [0.717, 1.165) is 30.4 Å². The molecule has 2 N–H and O–H groups in total. The molecule has 0 bridgehead atoms. The number of fused-ring (bicyclic) bond motifs is 1. The van der Waals surface area contributed by atoms with Crippen molar-refractivity contribution in [2.24, 2.45) is 10.7 Å². The van der Waals surface area contributed by atoms with Crippen molar-refractivity contribution in [3.8, 4) is 0 Å². The van der Waals surface area contributed by atoms with E-state index in [9.17, 15) is 4.79 Å². The zero-order chi connectivity index (χ0) is 13.5. The third-order valence-electron chi connectivity index (χ3n) is 3.87. The quantitative estimate of drug-likeness (QED) is 0.766. The molecule has 1 aromatic carbocycles. The van der Waals surface area contributed by atoms with E-state index >= 15 is 0 Å². The van der Waals surface area contributed by atoms with Crippen molar-refractivity contribution in [2.45, 2.75) is 24.8 Å². The Bertz CT molecular complexity index is 568. The number of hydrogen-bond acceptors (Lipinski definition) is 5. The molecule has 19 heavy (non-hydrogen) atoms. The normalized spacial score (nSPS) is 24.6. The number of benzene rings is 1. The molecule has 0 amide bonds. The lowest BCUT2D eigenvalue weighted by molar-refractivity contribution is 0.0598. The Balaban J connectivity index is 1.97. The second-order valence-electron chi connectivity index (χ2n) is 5.07. The van der Waals surface area contributed by atoms with Crippen LogP contribution in [0.1, 0.15) is 27.9 Å². The van der Waals surface area contributed by atoms with Gasteiger partial charge in [-0.05, 0) is 30.0 Å². The Morgan fingerprint density at radius 1 is 1.53 bits per heavy atom. The largest absolute Gasteiger partial charge is 0.465 e. The first-order valence-electron chi connectivity index (χ1n) is 6.31. The Morgan fingerprint density at radius 2 is 2.37 bits per heavy atom. The third kappa shape index (κ3) is 1.95. The first-order chi connectivity index (χ1) is 9.13. The molecule has 100 valence electrons. The van der Waals surface area contributed by atoms with Crippen molar-refractivity contribution in [1.82, 2.24) is 0 Å². The molecule has 1 aromatic rings. The summed E-state index contributed by atoms with van der Waals surface area (Å²) in [6, 6.07) is 6.00. The van der Waals surface area contributed by atoms with Crippen LogP contribution in [0.25, 0.3) is 0 Å². The van der Waals surface area contributed by atoms with Crippen LogP contribution in [0, 0.1) is 0 Å². The molecule has 0 saturated heterocycles. The number of amidine groups is 1. The monoisotopic (exact) mass is 260 g/mol. The molecular formula is C14H16N2O3. The number of methoxy groups -OCH3 is 1. The van der Waals surface area contributed by atoms with Gasteiger partial charge in [0.15, 0.2) is 0 Å². The fraction of sp³-hybridized carbons (Fsp3) is 0.429. The highest BCUT2D eigenvalue weighted by atomic mass is 16.5. The molecule has 1 aliphatic heterocycles. The van der Waals surface area contributed by atoms with Gasteiger partial charge in [0.25, 0.3) is 6.02 Å². The summed E-state index contributed by atoms with van der Waals surface area (Å²) in [5, 5.41) is 0. The summed E-state index contributed by atoms with van der Waals surface area (Å²) in [5.41, 5.74) is 8.23. The molecule has 0 radical (unpaired) electrons. The fourth-order valence-electron chi connectivity index (χ4n) is 2.92. The van der Waals surface area contributed by atoms with Gasteiger partial charge in [0.1, 0.15) is 12.1 Å². The van der Waals surface area contributed by atoms with Gasteiger partial charge in [0.05, 0.1) is 12.7 Å². The summed E-state index contributed by atoms with van der Waals surface area (Å²) in [4.78, 5) is 16.2. The summed E-state index contributed by atoms with van der Waals surface area (Å²) >= 11 is 0. The van der Waals surface area contributed by atoms with Crippen LogP contribution in [-0.2, 0) is 22.3 Å². The minimum Gasteiger partial charge on any atom is -0.465 e. The molecule has 1 unspecified atom stereocenters. The highest BCUT2D eigenvalue weighted by Crippen LogP contribution is 2.35. The summed E-state index contributed by atoms with van der Waals surface area (Å²) in [5.74, 6) is -0.279. The molecule has 1 heterocycles. The Hall–Kier alpha value is -2.04. The summed E-state index contributed by atoms with van der Waals surface area (Å²) in [6.45, 7) is 0.528. The van der Waals surface area contributed by atoms with E-state index in [1.54, 1.807) is 0 Å². The van der Waals surface area contributed by atoms with Gasteiger partial charge in [-0.25, -0.2) is 9.79 Å². The lowest BCUT2D eigenvalue weighted by Crippen LogP contribution is -2.36. The second kappa shape index (κ2) is 4.26. The van der Waals surface area contributed by atoms with E-state index in [4.69, 9.17) is 15.2 Å². The van der Waals surface area contributed by atoms with Gasteiger partial charge in [0, 0.05) is 6.42 Å². The predicted octanol–water partition coefficient (Wildman–Crippen LogP) is 1.05. The maximum Gasteiger partial charge on any atom is 0.338 e. The molecular weight excluding hydrogens is 244 g/mol. The lowest BCUT2D eigenvalue weighted by atomic mass is 9.77. The predicted molar refractivity (Wildman–Crippen MR) is 70.1 cm³/mol. The minimum atomic E-state index is -0.279. The number of hydrogen-bond donors (Lipinski definition) is 1. The van der Waals surface area contributed by atoms with E-state index in [0.29, 0.717) is 12.2 Å². The van der Waals surface area contributed by atoms with Crippen LogP contribution in [0.15, 0.2) is 23.2 Å². The molecule has 5 nitrogen and oxygen atoms in total. The van der Waals surface area contributed by atoms with Gasteiger partial charge in [0.2, 0.25) is 0 Å². The van der Waals surface area contributed by atoms with Crippen molar-refractivity contribution in [1.29, 1.82) is 0 Å². The molecule has 0 aromatic heterocycles. The van der Waals surface area contributed by atoms with E-state index in [1.807, 2.05) is 18.2 Å². The average Bonchev–Trinajstić information content (AvgIpc) is 2.77. The van der Waals surface area contributed by atoms with Crippen LogP contribution in [0.3, 0.4) is 0 Å². The number of carbonyl (C=O) groups is 1. The number of rotatable bonds is 1. The van der Waals surface area contributed by atoms with E-state index < -0.39 is 0 Å². The van der Waals surface area contributed by atoms with Crippen molar-refractivity contribution in [3.05, 3.63) is 34.9 Å².